The van der Waals surface area contributed by atoms with Crippen molar-refractivity contribution in [3.63, 3.8) is 0 Å². The molecule has 0 atom stereocenters. The summed E-state index contributed by atoms with van der Waals surface area (Å²) in [5, 5.41) is 6.38. The molecule has 1 aromatic heterocycles. The van der Waals surface area contributed by atoms with Crippen LogP contribution < -0.4 is 10.6 Å². The highest BCUT2D eigenvalue weighted by Crippen LogP contribution is 2.20. The first-order chi connectivity index (χ1) is 6.69. The van der Waals surface area contributed by atoms with Gasteiger partial charge in [0.1, 0.15) is 11.0 Å². The second-order valence-electron chi connectivity index (χ2n) is 2.73. The Hall–Kier alpha value is -1.29. The summed E-state index contributed by atoms with van der Waals surface area (Å²) in [5.41, 5.74) is 0.846. The number of hydrogen-bond acceptors (Lipinski definition) is 4. The fourth-order valence-electron chi connectivity index (χ4n) is 0.975. The molecule has 2 N–H and O–H groups in total. The Kier molecular flexibility index (Phi) is 3.71. The van der Waals surface area contributed by atoms with E-state index in [1.807, 2.05) is 6.92 Å². The number of nitrogens with zero attached hydrogens (tertiary/aromatic N) is 2. The van der Waals surface area contributed by atoms with Gasteiger partial charge in [-0.05, 0) is 6.92 Å². The van der Waals surface area contributed by atoms with E-state index < -0.39 is 0 Å². The minimum absolute atomic E-state index is 0.455. The molecule has 76 valence electrons. The normalized spacial score (nSPS) is 9.64. The lowest BCUT2D eigenvalue weighted by Gasteiger charge is -2.08. The average Bonchev–Trinajstić information content (AvgIpc) is 2.19. The van der Waals surface area contributed by atoms with Crippen molar-refractivity contribution in [1.29, 1.82) is 0 Å². The highest BCUT2D eigenvalue weighted by atomic mass is 35.5. The van der Waals surface area contributed by atoms with Gasteiger partial charge in [0.05, 0.1) is 0 Å². The van der Waals surface area contributed by atoms with Gasteiger partial charge in [-0.25, -0.2) is 4.98 Å². The van der Waals surface area contributed by atoms with E-state index in [1.165, 1.54) is 0 Å². The van der Waals surface area contributed by atoms with Gasteiger partial charge in [-0.3, -0.25) is 0 Å². The van der Waals surface area contributed by atoms with E-state index in [0.717, 1.165) is 11.4 Å². The third-order valence-corrected chi connectivity index (χ3v) is 2.10. The van der Waals surface area contributed by atoms with Gasteiger partial charge in [0.25, 0.3) is 0 Å². The standard InChI is InChI=1S/C9H13ClN4/c1-4-5-12-9-13-7(10)6(2)8(11-3)14-9/h4H,1,5H2,2-3H3,(H2,11,12,13,14). The summed E-state index contributed by atoms with van der Waals surface area (Å²) in [6.07, 6.45) is 1.73. The van der Waals surface area contributed by atoms with Crippen LogP contribution in [0, 0.1) is 6.92 Å². The zero-order valence-electron chi connectivity index (χ0n) is 8.26. The first-order valence-electron chi connectivity index (χ1n) is 4.25. The van der Waals surface area contributed by atoms with Crippen LogP contribution in [0.4, 0.5) is 11.8 Å². The molecule has 0 saturated heterocycles. The molecule has 0 spiro atoms. The third-order valence-electron chi connectivity index (χ3n) is 1.73. The number of halogens is 1. The van der Waals surface area contributed by atoms with Crippen molar-refractivity contribution >= 4 is 23.4 Å². The van der Waals surface area contributed by atoms with Gasteiger partial charge in [0.15, 0.2) is 0 Å². The number of anilines is 2. The molecule has 14 heavy (non-hydrogen) atoms. The molecular formula is C9H13ClN4. The minimum Gasteiger partial charge on any atom is -0.373 e. The van der Waals surface area contributed by atoms with Crippen molar-refractivity contribution in [1.82, 2.24) is 9.97 Å². The van der Waals surface area contributed by atoms with E-state index in [2.05, 4.69) is 27.2 Å². The lowest BCUT2D eigenvalue weighted by atomic mass is 10.3. The molecule has 4 nitrogen and oxygen atoms in total. The molecule has 0 aliphatic rings. The van der Waals surface area contributed by atoms with Crippen molar-refractivity contribution in [2.24, 2.45) is 0 Å². The van der Waals surface area contributed by atoms with E-state index in [9.17, 15) is 0 Å². The van der Waals surface area contributed by atoms with Crippen LogP contribution in [0.3, 0.4) is 0 Å². The summed E-state index contributed by atoms with van der Waals surface area (Å²) in [4.78, 5) is 8.30. The molecule has 0 aliphatic heterocycles. The van der Waals surface area contributed by atoms with Crippen molar-refractivity contribution in [2.75, 3.05) is 24.2 Å². The molecule has 0 unspecified atom stereocenters. The van der Waals surface area contributed by atoms with Crippen LogP contribution >= 0.6 is 11.6 Å². The van der Waals surface area contributed by atoms with Crippen LogP contribution in [0.15, 0.2) is 12.7 Å². The van der Waals surface area contributed by atoms with Gasteiger partial charge in [-0.15, -0.1) is 6.58 Å². The Morgan fingerprint density at radius 3 is 2.79 bits per heavy atom. The van der Waals surface area contributed by atoms with Crippen molar-refractivity contribution in [2.45, 2.75) is 6.92 Å². The average molecular weight is 213 g/mol. The molecule has 0 saturated carbocycles. The van der Waals surface area contributed by atoms with Crippen LogP contribution in [-0.4, -0.2) is 23.6 Å². The highest BCUT2D eigenvalue weighted by molar-refractivity contribution is 6.30. The Balaban J connectivity index is 2.97. The Labute approximate surface area is 88.4 Å². The quantitative estimate of drug-likeness (QED) is 0.593. The van der Waals surface area contributed by atoms with Crippen LogP contribution in [0.1, 0.15) is 5.56 Å². The maximum Gasteiger partial charge on any atom is 0.226 e. The van der Waals surface area contributed by atoms with Gasteiger partial charge >= 0.3 is 0 Å². The lowest BCUT2D eigenvalue weighted by Crippen LogP contribution is -2.06. The molecule has 1 rings (SSSR count). The lowest BCUT2D eigenvalue weighted by molar-refractivity contribution is 1.09. The summed E-state index contributed by atoms with van der Waals surface area (Å²) in [6.45, 7) is 6.07. The maximum atomic E-state index is 5.92. The van der Waals surface area contributed by atoms with Crippen LogP contribution in [-0.2, 0) is 0 Å². The largest absolute Gasteiger partial charge is 0.373 e. The summed E-state index contributed by atoms with van der Waals surface area (Å²) in [5.74, 6) is 1.24. The summed E-state index contributed by atoms with van der Waals surface area (Å²) in [6, 6.07) is 0. The summed E-state index contributed by atoms with van der Waals surface area (Å²) in [7, 11) is 1.79. The predicted molar refractivity (Wildman–Crippen MR) is 60.0 cm³/mol. The van der Waals surface area contributed by atoms with E-state index in [0.29, 0.717) is 17.6 Å². The van der Waals surface area contributed by atoms with Crippen LogP contribution in [0.5, 0.6) is 0 Å². The first kappa shape index (κ1) is 10.8. The van der Waals surface area contributed by atoms with Gasteiger partial charge < -0.3 is 10.6 Å². The van der Waals surface area contributed by atoms with E-state index in [1.54, 1.807) is 13.1 Å². The van der Waals surface area contributed by atoms with Crippen LogP contribution in [0.2, 0.25) is 5.15 Å². The molecule has 1 heterocycles. The Morgan fingerprint density at radius 2 is 2.21 bits per heavy atom. The second-order valence-corrected chi connectivity index (χ2v) is 3.09. The van der Waals surface area contributed by atoms with Crippen molar-refractivity contribution in [3.05, 3.63) is 23.4 Å². The molecule has 0 aromatic carbocycles. The van der Waals surface area contributed by atoms with E-state index >= 15 is 0 Å². The van der Waals surface area contributed by atoms with Crippen molar-refractivity contribution < 1.29 is 0 Å². The predicted octanol–water partition coefficient (Wildman–Crippen LogP) is 2.08. The molecule has 0 radical (unpaired) electrons. The number of aromatic nitrogens is 2. The first-order valence-corrected chi connectivity index (χ1v) is 4.63. The molecule has 0 aliphatic carbocycles. The van der Waals surface area contributed by atoms with Gasteiger partial charge in [-0.1, -0.05) is 17.7 Å². The third kappa shape index (κ3) is 2.35. The molecule has 0 fully saturated rings. The molecule has 1 aromatic rings. The van der Waals surface area contributed by atoms with E-state index in [4.69, 9.17) is 11.6 Å². The Bertz CT molecular complexity index is 338. The topological polar surface area (TPSA) is 49.8 Å². The fourth-order valence-corrected chi connectivity index (χ4v) is 1.14. The summed E-state index contributed by atoms with van der Waals surface area (Å²) < 4.78 is 0. The fraction of sp³-hybridized carbons (Fsp3) is 0.333. The highest BCUT2D eigenvalue weighted by Gasteiger charge is 2.06. The second kappa shape index (κ2) is 4.81. The number of rotatable bonds is 4. The zero-order valence-corrected chi connectivity index (χ0v) is 9.02. The molecule has 5 heteroatoms. The van der Waals surface area contributed by atoms with Gasteiger partial charge in [0.2, 0.25) is 5.95 Å². The summed E-state index contributed by atoms with van der Waals surface area (Å²) >= 11 is 5.92. The maximum absolute atomic E-state index is 5.92. The van der Waals surface area contributed by atoms with Gasteiger partial charge in [-0.2, -0.15) is 4.98 Å². The monoisotopic (exact) mass is 212 g/mol. The SMILES string of the molecule is C=CCNc1nc(Cl)c(C)c(NC)n1. The zero-order chi connectivity index (χ0) is 10.6. The minimum atomic E-state index is 0.455. The smallest absolute Gasteiger partial charge is 0.226 e. The molecular weight excluding hydrogens is 200 g/mol. The molecule has 0 amide bonds. The van der Waals surface area contributed by atoms with Crippen molar-refractivity contribution in [3.8, 4) is 0 Å². The number of hydrogen-bond donors (Lipinski definition) is 2. The Morgan fingerprint density at radius 1 is 1.50 bits per heavy atom. The van der Waals surface area contributed by atoms with Gasteiger partial charge in [0, 0.05) is 19.2 Å². The van der Waals surface area contributed by atoms with Crippen LogP contribution in [0.25, 0.3) is 0 Å². The van der Waals surface area contributed by atoms with E-state index in [-0.39, 0.29) is 0 Å². The molecule has 0 bridgehead atoms. The number of nitrogens with one attached hydrogen (secondary N) is 2.